The predicted molar refractivity (Wildman–Crippen MR) is 109 cm³/mol. The lowest BCUT2D eigenvalue weighted by Gasteiger charge is -2.29. The minimum Gasteiger partial charge on any atom is -0.344 e. The van der Waals surface area contributed by atoms with E-state index in [1.54, 1.807) is 6.08 Å². The maximum Gasteiger partial charge on any atom is 0.333 e. The maximum atomic E-state index is 12.5. The zero-order valence-electron chi connectivity index (χ0n) is 17.2. The van der Waals surface area contributed by atoms with Gasteiger partial charge in [0.15, 0.2) is 0 Å². The molecule has 3 rings (SSSR count). The van der Waals surface area contributed by atoms with Gasteiger partial charge in [-0.2, -0.15) is 0 Å². The second kappa shape index (κ2) is 7.26. The first-order valence-corrected chi connectivity index (χ1v) is 9.61. The van der Waals surface area contributed by atoms with E-state index >= 15 is 0 Å². The van der Waals surface area contributed by atoms with Gasteiger partial charge in [0, 0.05) is 37.4 Å². The molecule has 0 N–H and O–H groups in total. The summed E-state index contributed by atoms with van der Waals surface area (Å²) in [6.45, 7) is 7.31. The molecule has 6 nitrogen and oxygen atoms in total. The quantitative estimate of drug-likeness (QED) is 0.592. The van der Waals surface area contributed by atoms with Gasteiger partial charge in [0.2, 0.25) is 0 Å². The lowest BCUT2D eigenvalue weighted by atomic mass is 9.83. The molecule has 1 aromatic carbocycles. The number of imide groups is 2. The van der Waals surface area contributed by atoms with Crippen LogP contribution in [0.3, 0.4) is 0 Å². The summed E-state index contributed by atoms with van der Waals surface area (Å²) in [7, 11) is 2.77. The van der Waals surface area contributed by atoms with Crippen LogP contribution >= 0.6 is 0 Å². The van der Waals surface area contributed by atoms with Gasteiger partial charge < -0.3 is 4.90 Å². The fourth-order valence-electron chi connectivity index (χ4n) is 3.85. The van der Waals surface area contributed by atoms with Gasteiger partial charge in [-0.1, -0.05) is 45.4 Å². The fraction of sp³-hybridized carbons (Fsp3) is 0.409. The first kappa shape index (κ1) is 19.9. The summed E-state index contributed by atoms with van der Waals surface area (Å²) in [5, 5.41) is 0. The third-order valence-corrected chi connectivity index (χ3v) is 5.59. The molecule has 148 valence electrons. The lowest BCUT2D eigenvalue weighted by molar-refractivity contribution is -0.134. The van der Waals surface area contributed by atoms with Crippen LogP contribution in [0.4, 0.5) is 10.5 Å². The van der Waals surface area contributed by atoms with Crippen LogP contribution in [0.2, 0.25) is 0 Å². The van der Waals surface area contributed by atoms with Crippen molar-refractivity contribution < 1.29 is 14.4 Å². The van der Waals surface area contributed by atoms with Crippen molar-refractivity contribution in [2.45, 2.75) is 39.0 Å². The highest BCUT2D eigenvalue weighted by molar-refractivity contribution is 6.28. The number of carbonyl (C=O) groups is 3. The molecule has 0 atom stereocenters. The Hall–Kier alpha value is -2.89. The molecule has 1 fully saturated rings. The number of likely N-dealkylation sites (N-methyl/N-ethyl adjacent to an activating group) is 2. The van der Waals surface area contributed by atoms with E-state index in [4.69, 9.17) is 0 Å². The molecule has 0 aliphatic carbocycles. The van der Waals surface area contributed by atoms with Crippen molar-refractivity contribution in [2.24, 2.45) is 0 Å². The van der Waals surface area contributed by atoms with E-state index in [1.165, 1.54) is 19.7 Å². The van der Waals surface area contributed by atoms with E-state index in [0.717, 1.165) is 40.6 Å². The van der Waals surface area contributed by atoms with E-state index in [1.807, 2.05) is 18.2 Å². The number of rotatable bonds is 4. The second-order valence-corrected chi connectivity index (χ2v) is 7.79. The number of unbranched alkanes of at least 4 members (excludes halogenated alkanes) is 1. The number of hydrogen-bond acceptors (Lipinski definition) is 4. The molecular formula is C22H27N3O3. The number of carbonyl (C=O) groups excluding carboxylic acids is 3. The van der Waals surface area contributed by atoms with Crippen molar-refractivity contribution in [1.82, 2.24) is 9.80 Å². The minimum absolute atomic E-state index is 0.000650. The molecule has 0 aromatic heterocycles. The van der Waals surface area contributed by atoms with Crippen LogP contribution in [0.15, 0.2) is 47.7 Å². The third kappa shape index (κ3) is 3.03. The molecule has 0 spiro atoms. The summed E-state index contributed by atoms with van der Waals surface area (Å²) < 4.78 is 0. The Bertz CT molecular complexity index is 872. The van der Waals surface area contributed by atoms with Crippen LogP contribution in [0, 0.1) is 0 Å². The predicted octanol–water partition coefficient (Wildman–Crippen LogP) is 3.45. The van der Waals surface area contributed by atoms with E-state index in [9.17, 15) is 14.4 Å². The number of barbiturate groups is 1. The molecule has 4 amide bonds. The van der Waals surface area contributed by atoms with Gasteiger partial charge in [-0.3, -0.25) is 19.4 Å². The van der Waals surface area contributed by atoms with Crippen molar-refractivity contribution >= 4 is 23.5 Å². The Labute approximate surface area is 166 Å². The molecule has 6 heteroatoms. The number of hydrogen-bond donors (Lipinski definition) is 0. The van der Waals surface area contributed by atoms with Crippen LogP contribution in [0.25, 0.3) is 0 Å². The molecule has 2 aliphatic rings. The van der Waals surface area contributed by atoms with Crippen LogP contribution in [0.1, 0.15) is 39.2 Å². The molecule has 2 heterocycles. The highest BCUT2D eigenvalue weighted by Gasteiger charge is 2.40. The Balaban J connectivity index is 2.06. The van der Waals surface area contributed by atoms with Crippen molar-refractivity contribution in [3.05, 3.63) is 53.3 Å². The summed E-state index contributed by atoms with van der Waals surface area (Å²) in [5.74, 6) is -1.14. The van der Waals surface area contributed by atoms with Crippen LogP contribution < -0.4 is 4.90 Å². The van der Waals surface area contributed by atoms with Gasteiger partial charge in [-0.15, -0.1) is 0 Å². The monoisotopic (exact) mass is 381 g/mol. The Kier molecular flexibility index (Phi) is 5.15. The summed E-state index contributed by atoms with van der Waals surface area (Å²) >= 11 is 0. The van der Waals surface area contributed by atoms with Gasteiger partial charge in [0.05, 0.1) is 0 Å². The Morgan fingerprint density at radius 1 is 0.964 bits per heavy atom. The summed E-state index contributed by atoms with van der Waals surface area (Å²) in [5.41, 5.74) is 3.17. The molecule has 1 aromatic rings. The molecule has 0 bridgehead atoms. The number of urea groups is 1. The second-order valence-electron chi connectivity index (χ2n) is 7.79. The largest absolute Gasteiger partial charge is 0.344 e. The highest BCUT2D eigenvalue weighted by Crippen LogP contribution is 2.47. The molecule has 0 radical (unpaired) electrons. The van der Waals surface area contributed by atoms with Gasteiger partial charge in [-0.25, -0.2) is 4.79 Å². The minimum atomic E-state index is -0.613. The molecular weight excluding hydrogens is 354 g/mol. The van der Waals surface area contributed by atoms with Gasteiger partial charge in [0.25, 0.3) is 11.8 Å². The summed E-state index contributed by atoms with van der Waals surface area (Å²) in [6, 6.07) is 7.68. The average Bonchev–Trinajstić information content (AvgIpc) is 2.90. The highest BCUT2D eigenvalue weighted by atomic mass is 16.2. The van der Waals surface area contributed by atoms with Crippen molar-refractivity contribution in [3.8, 4) is 0 Å². The van der Waals surface area contributed by atoms with Crippen molar-refractivity contribution in [2.75, 3.05) is 25.5 Å². The first-order chi connectivity index (χ1) is 13.2. The third-order valence-electron chi connectivity index (χ3n) is 5.59. The summed E-state index contributed by atoms with van der Waals surface area (Å²) in [6.07, 6.45) is 5.53. The maximum absolute atomic E-state index is 12.5. The number of amides is 4. The topological polar surface area (TPSA) is 60.9 Å². The standard InChI is InChI=1S/C22H27N3O3/c1-6-7-14-25-17-11-9-8-10-16(17)22(2,3)18(25)13-12-15-19(26)23(4)21(28)24(5)20(15)27/h8-13H,6-7,14H2,1-5H3/b18-13+. The fourth-order valence-corrected chi connectivity index (χ4v) is 3.85. The van der Waals surface area contributed by atoms with Crippen molar-refractivity contribution in [3.63, 3.8) is 0 Å². The molecule has 1 saturated heterocycles. The zero-order chi connectivity index (χ0) is 20.6. The normalized spacial score (nSPS) is 20.3. The van der Waals surface area contributed by atoms with E-state index in [0.29, 0.717) is 0 Å². The Morgan fingerprint density at radius 2 is 1.57 bits per heavy atom. The van der Waals surface area contributed by atoms with E-state index in [-0.39, 0.29) is 11.0 Å². The number of benzene rings is 1. The molecule has 0 saturated carbocycles. The van der Waals surface area contributed by atoms with Crippen molar-refractivity contribution in [1.29, 1.82) is 0 Å². The molecule has 2 aliphatic heterocycles. The van der Waals surface area contributed by atoms with E-state index in [2.05, 4.69) is 37.8 Å². The summed E-state index contributed by atoms with van der Waals surface area (Å²) in [4.78, 5) is 41.1. The average molecular weight is 381 g/mol. The van der Waals surface area contributed by atoms with Crippen LogP contribution in [-0.2, 0) is 15.0 Å². The molecule has 28 heavy (non-hydrogen) atoms. The van der Waals surface area contributed by atoms with Crippen LogP contribution in [-0.4, -0.2) is 48.3 Å². The number of nitrogens with zero attached hydrogens (tertiary/aromatic N) is 3. The van der Waals surface area contributed by atoms with E-state index < -0.39 is 17.8 Å². The smallest absolute Gasteiger partial charge is 0.333 e. The van der Waals surface area contributed by atoms with Gasteiger partial charge in [-0.05, 0) is 30.2 Å². The number of anilines is 1. The van der Waals surface area contributed by atoms with Gasteiger partial charge >= 0.3 is 6.03 Å². The SMILES string of the molecule is CCCCN1/C(=C/C=C2C(=O)N(C)C(=O)N(C)C2=O)C(C)(C)c2ccccc21. The number of allylic oxidation sites excluding steroid dienone is 3. The zero-order valence-corrected chi connectivity index (χ0v) is 17.2. The van der Waals surface area contributed by atoms with Crippen LogP contribution in [0.5, 0.6) is 0 Å². The number of para-hydroxylation sites is 1. The number of fused-ring (bicyclic) bond motifs is 1. The lowest BCUT2D eigenvalue weighted by Crippen LogP contribution is -2.53. The molecule has 0 unspecified atom stereocenters. The van der Waals surface area contributed by atoms with Gasteiger partial charge in [0.1, 0.15) is 5.57 Å². The first-order valence-electron chi connectivity index (χ1n) is 9.61. The Morgan fingerprint density at radius 3 is 2.18 bits per heavy atom.